The second kappa shape index (κ2) is 5.73. The third kappa shape index (κ3) is 2.96. The van der Waals surface area contributed by atoms with Crippen molar-refractivity contribution in [3.63, 3.8) is 0 Å². The van der Waals surface area contributed by atoms with Gasteiger partial charge in [-0.1, -0.05) is 18.2 Å². The standard InChI is InChI=1S/C16H14F4N2O/c17-9-5-12(11-3-1-2-4-13(11)16(18,19)20)15-14(6-9)23-8-10(7-21)22-15/h1-6,10,22H,7-8,21H2. The molecule has 3 rings (SSSR count). The molecule has 0 fully saturated rings. The highest BCUT2D eigenvalue weighted by Gasteiger charge is 2.34. The monoisotopic (exact) mass is 326 g/mol. The van der Waals surface area contributed by atoms with Crippen molar-refractivity contribution in [1.29, 1.82) is 0 Å². The number of nitrogens with one attached hydrogen (secondary N) is 1. The Balaban J connectivity index is 2.20. The quantitative estimate of drug-likeness (QED) is 0.828. The van der Waals surface area contributed by atoms with Gasteiger partial charge in [0.15, 0.2) is 0 Å². The van der Waals surface area contributed by atoms with Crippen molar-refractivity contribution in [1.82, 2.24) is 0 Å². The Morgan fingerprint density at radius 2 is 1.91 bits per heavy atom. The first-order valence-electron chi connectivity index (χ1n) is 6.99. The predicted molar refractivity (Wildman–Crippen MR) is 78.8 cm³/mol. The lowest BCUT2D eigenvalue weighted by Crippen LogP contribution is -2.38. The summed E-state index contributed by atoms with van der Waals surface area (Å²) in [6.07, 6.45) is -4.54. The molecule has 0 aromatic heterocycles. The van der Waals surface area contributed by atoms with E-state index in [0.717, 1.165) is 18.2 Å². The van der Waals surface area contributed by atoms with Crippen LogP contribution >= 0.6 is 0 Å². The van der Waals surface area contributed by atoms with Gasteiger partial charge in [-0.25, -0.2) is 4.39 Å². The van der Waals surface area contributed by atoms with Gasteiger partial charge in [-0.3, -0.25) is 0 Å². The molecule has 0 amide bonds. The number of hydrogen-bond acceptors (Lipinski definition) is 3. The normalized spacial score (nSPS) is 17.2. The fourth-order valence-electron chi connectivity index (χ4n) is 2.59. The summed E-state index contributed by atoms with van der Waals surface area (Å²) in [6.45, 7) is 0.477. The molecule has 3 N–H and O–H groups in total. The number of hydrogen-bond donors (Lipinski definition) is 2. The van der Waals surface area contributed by atoms with Crippen LogP contribution in [0.5, 0.6) is 5.75 Å². The number of benzene rings is 2. The summed E-state index contributed by atoms with van der Waals surface area (Å²) < 4.78 is 59.0. The average Bonchev–Trinajstić information content (AvgIpc) is 2.53. The molecule has 0 bridgehead atoms. The molecule has 1 heterocycles. The van der Waals surface area contributed by atoms with Crippen LogP contribution in [-0.2, 0) is 6.18 Å². The van der Waals surface area contributed by atoms with E-state index in [-0.39, 0.29) is 36.1 Å². The highest BCUT2D eigenvalue weighted by atomic mass is 19.4. The zero-order chi connectivity index (χ0) is 16.6. The van der Waals surface area contributed by atoms with E-state index in [1.54, 1.807) is 0 Å². The van der Waals surface area contributed by atoms with Crippen LogP contribution in [0.4, 0.5) is 23.2 Å². The Labute approximate surface area is 130 Å². The molecular formula is C16H14F4N2O. The first-order valence-corrected chi connectivity index (χ1v) is 6.99. The average molecular weight is 326 g/mol. The maximum Gasteiger partial charge on any atom is 0.417 e. The summed E-state index contributed by atoms with van der Waals surface area (Å²) >= 11 is 0. The minimum Gasteiger partial charge on any atom is -0.489 e. The Bertz CT molecular complexity index is 731. The predicted octanol–water partition coefficient (Wildman–Crippen LogP) is 3.64. The van der Waals surface area contributed by atoms with Gasteiger partial charge in [-0.2, -0.15) is 13.2 Å². The summed E-state index contributed by atoms with van der Waals surface area (Å²) in [5.74, 6) is -0.481. The summed E-state index contributed by atoms with van der Waals surface area (Å²) in [7, 11) is 0. The molecule has 0 radical (unpaired) electrons. The molecule has 7 heteroatoms. The van der Waals surface area contributed by atoms with Gasteiger partial charge in [0, 0.05) is 18.2 Å². The zero-order valence-corrected chi connectivity index (χ0v) is 12.0. The first-order chi connectivity index (χ1) is 10.9. The summed E-state index contributed by atoms with van der Waals surface area (Å²) in [6, 6.07) is 7.02. The molecule has 0 aliphatic carbocycles. The minimum atomic E-state index is -4.54. The minimum absolute atomic E-state index is 0.103. The number of anilines is 1. The van der Waals surface area contributed by atoms with Crippen molar-refractivity contribution in [3.8, 4) is 16.9 Å². The van der Waals surface area contributed by atoms with Gasteiger partial charge < -0.3 is 15.8 Å². The molecule has 1 aliphatic rings. The van der Waals surface area contributed by atoms with Crippen LogP contribution in [0, 0.1) is 5.82 Å². The molecule has 1 unspecified atom stereocenters. The van der Waals surface area contributed by atoms with E-state index >= 15 is 0 Å². The fourth-order valence-corrected chi connectivity index (χ4v) is 2.59. The summed E-state index contributed by atoms with van der Waals surface area (Å²) in [5.41, 5.74) is 5.07. The van der Waals surface area contributed by atoms with Crippen LogP contribution in [0.2, 0.25) is 0 Å². The van der Waals surface area contributed by atoms with Gasteiger partial charge in [-0.05, 0) is 17.7 Å². The molecule has 23 heavy (non-hydrogen) atoms. The molecule has 2 aromatic carbocycles. The largest absolute Gasteiger partial charge is 0.489 e. The molecule has 0 spiro atoms. The molecular weight excluding hydrogens is 312 g/mol. The van der Waals surface area contributed by atoms with Gasteiger partial charge >= 0.3 is 6.18 Å². The molecule has 1 aliphatic heterocycles. The Hall–Kier alpha value is -2.28. The SMILES string of the molecule is NCC1COc2cc(F)cc(-c3ccccc3C(F)(F)F)c2N1. The van der Waals surface area contributed by atoms with Crippen LogP contribution in [0.3, 0.4) is 0 Å². The van der Waals surface area contributed by atoms with E-state index in [9.17, 15) is 17.6 Å². The van der Waals surface area contributed by atoms with Gasteiger partial charge in [0.05, 0.1) is 17.3 Å². The fraction of sp³-hybridized carbons (Fsp3) is 0.250. The Kier molecular flexibility index (Phi) is 3.89. The van der Waals surface area contributed by atoms with Gasteiger partial charge in [0.2, 0.25) is 0 Å². The number of halogens is 4. The maximum absolute atomic E-state index is 13.8. The second-order valence-electron chi connectivity index (χ2n) is 5.26. The maximum atomic E-state index is 13.8. The van der Waals surface area contributed by atoms with Crippen molar-refractivity contribution in [2.45, 2.75) is 12.2 Å². The number of fused-ring (bicyclic) bond motifs is 1. The lowest BCUT2D eigenvalue weighted by molar-refractivity contribution is -0.137. The molecule has 3 nitrogen and oxygen atoms in total. The number of nitrogens with two attached hydrogens (primary N) is 1. The Morgan fingerprint density at radius 1 is 1.17 bits per heavy atom. The van der Waals surface area contributed by atoms with Crippen LogP contribution in [-0.4, -0.2) is 19.2 Å². The molecule has 0 saturated carbocycles. The third-order valence-corrected chi connectivity index (χ3v) is 3.66. The van der Waals surface area contributed by atoms with Crippen molar-refractivity contribution in [2.24, 2.45) is 5.73 Å². The zero-order valence-electron chi connectivity index (χ0n) is 12.0. The number of rotatable bonds is 2. The van der Waals surface area contributed by atoms with E-state index in [1.807, 2.05) is 0 Å². The van der Waals surface area contributed by atoms with Gasteiger partial charge in [0.25, 0.3) is 0 Å². The van der Waals surface area contributed by atoms with E-state index in [2.05, 4.69) is 5.32 Å². The van der Waals surface area contributed by atoms with Crippen molar-refractivity contribution in [2.75, 3.05) is 18.5 Å². The smallest absolute Gasteiger partial charge is 0.417 e. The molecule has 0 saturated heterocycles. The summed E-state index contributed by atoms with van der Waals surface area (Å²) in [4.78, 5) is 0. The lowest BCUT2D eigenvalue weighted by Gasteiger charge is -2.29. The van der Waals surface area contributed by atoms with Crippen LogP contribution < -0.4 is 15.8 Å². The van der Waals surface area contributed by atoms with Crippen LogP contribution in [0.1, 0.15) is 5.56 Å². The number of ether oxygens (including phenoxy) is 1. The van der Waals surface area contributed by atoms with Gasteiger partial charge in [0.1, 0.15) is 18.2 Å². The first kappa shape index (κ1) is 15.6. The molecule has 2 aromatic rings. The lowest BCUT2D eigenvalue weighted by atomic mass is 9.96. The molecule has 122 valence electrons. The number of alkyl halides is 3. The van der Waals surface area contributed by atoms with Crippen molar-refractivity contribution >= 4 is 5.69 Å². The third-order valence-electron chi connectivity index (χ3n) is 3.66. The van der Waals surface area contributed by atoms with Gasteiger partial charge in [-0.15, -0.1) is 0 Å². The van der Waals surface area contributed by atoms with Crippen LogP contribution in [0.15, 0.2) is 36.4 Å². The summed E-state index contributed by atoms with van der Waals surface area (Å²) in [5, 5.41) is 3.04. The van der Waals surface area contributed by atoms with E-state index < -0.39 is 17.6 Å². The van der Waals surface area contributed by atoms with Crippen LogP contribution in [0.25, 0.3) is 11.1 Å². The topological polar surface area (TPSA) is 47.3 Å². The van der Waals surface area contributed by atoms with E-state index in [0.29, 0.717) is 5.69 Å². The highest BCUT2D eigenvalue weighted by Crippen LogP contribution is 2.44. The second-order valence-corrected chi connectivity index (χ2v) is 5.26. The Morgan fingerprint density at radius 3 is 2.61 bits per heavy atom. The van der Waals surface area contributed by atoms with Crippen molar-refractivity contribution in [3.05, 3.63) is 47.8 Å². The highest BCUT2D eigenvalue weighted by molar-refractivity contribution is 5.85. The molecule has 1 atom stereocenters. The van der Waals surface area contributed by atoms with E-state index in [4.69, 9.17) is 10.5 Å². The van der Waals surface area contributed by atoms with E-state index in [1.165, 1.54) is 18.2 Å². The van der Waals surface area contributed by atoms with Crippen molar-refractivity contribution < 1.29 is 22.3 Å².